The second-order valence-electron chi connectivity index (χ2n) is 9.32. The molecular weight excluding hydrogens is 300 g/mol. The summed E-state index contributed by atoms with van der Waals surface area (Å²) in [4.78, 5) is 24.9. The molecule has 0 aromatic carbocycles. The number of rotatable bonds is 0. The molecule has 0 aromatic heterocycles. The molecule has 4 aliphatic carbocycles. The fourth-order valence-electron chi connectivity index (χ4n) is 7.46. The number of carbonyl (C=O) groups is 2. The molecule has 0 amide bonds. The lowest BCUT2D eigenvalue weighted by molar-refractivity contribution is -0.167. The van der Waals surface area contributed by atoms with Crippen molar-refractivity contribution in [3.8, 4) is 0 Å². The zero-order chi connectivity index (χ0) is 16.7. The van der Waals surface area contributed by atoms with Gasteiger partial charge in [0.15, 0.2) is 5.78 Å². The summed E-state index contributed by atoms with van der Waals surface area (Å²) in [5.41, 5.74) is 1.39. The SMILES string of the molecule is CC1OCC2CC13C(=CC2=O)CCC1C2CCC(=O)C2(C)CCC13. The largest absolute Gasteiger partial charge is 0.377 e. The Morgan fingerprint density at radius 1 is 1.12 bits per heavy atom. The van der Waals surface area contributed by atoms with Gasteiger partial charge in [-0.05, 0) is 69.3 Å². The third-order valence-electron chi connectivity index (χ3n) is 8.73. The molecule has 1 spiro atoms. The summed E-state index contributed by atoms with van der Waals surface area (Å²) in [6.45, 7) is 5.07. The van der Waals surface area contributed by atoms with Gasteiger partial charge >= 0.3 is 0 Å². The number of Topliss-reactive ketones (excluding diaryl/α,β-unsaturated/α-hetero) is 1. The fourth-order valence-corrected chi connectivity index (χ4v) is 7.46. The van der Waals surface area contributed by atoms with Gasteiger partial charge in [0.05, 0.1) is 12.7 Å². The smallest absolute Gasteiger partial charge is 0.161 e. The third-order valence-corrected chi connectivity index (χ3v) is 8.73. The lowest BCUT2D eigenvalue weighted by Gasteiger charge is -2.62. The van der Waals surface area contributed by atoms with Crippen LogP contribution in [0.3, 0.4) is 0 Å². The van der Waals surface area contributed by atoms with Crippen molar-refractivity contribution in [3.05, 3.63) is 11.6 Å². The van der Waals surface area contributed by atoms with E-state index < -0.39 is 0 Å². The Kier molecular flexibility index (Phi) is 3.07. The highest BCUT2D eigenvalue weighted by Gasteiger charge is 2.63. The Bertz CT molecular complexity index is 649. The van der Waals surface area contributed by atoms with Crippen LogP contribution in [0.2, 0.25) is 0 Å². The number of carbonyl (C=O) groups excluding carboxylic acids is 2. The molecule has 0 aromatic rings. The van der Waals surface area contributed by atoms with E-state index in [9.17, 15) is 9.59 Å². The van der Waals surface area contributed by atoms with Gasteiger partial charge in [-0.2, -0.15) is 0 Å². The van der Waals surface area contributed by atoms with E-state index in [0.717, 1.165) is 44.9 Å². The van der Waals surface area contributed by atoms with Crippen molar-refractivity contribution in [2.45, 2.75) is 64.9 Å². The first-order valence-corrected chi connectivity index (χ1v) is 9.86. The molecule has 5 aliphatic rings. The van der Waals surface area contributed by atoms with Crippen molar-refractivity contribution >= 4 is 11.6 Å². The zero-order valence-corrected chi connectivity index (χ0v) is 14.8. The van der Waals surface area contributed by atoms with E-state index in [4.69, 9.17) is 4.74 Å². The summed E-state index contributed by atoms with van der Waals surface area (Å²) in [5, 5.41) is 0. The Balaban J connectivity index is 1.59. The summed E-state index contributed by atoms with van der Waals surface area (Å²) in [7, 11) is 0. The van der Waals surface area contributed by atoms with Crippen LogP contribution in [0.1, 0.15) is 58.8 Å². The van der Waals surface area contributed by atoms with Crippen LogP contribution in [0.5, 0.6) is 0 Å². The monoisotopic (exact) mass is 328 g/mol. The van der Waals surface area contributed by atoms with Gasteiger partial charge in [0, 0.05) is 23.2 Å². The van der Waals surface area contributed by atoms with Crippen molar-refractivity contribution < 1.29 is 14.3 Å². The maximum atomic E-state index is 12.5. The van der Waals surface area contributed by atoms with Crippen molar-refractivity contribution in [1.29, 1.82) is 0 Å². The standard InChI is InChI=1S/C21H28O3/c1-12-21-10-13(11-24-12)18(22)9-14(21)3-4-15-16-5-6-19(23)20(16,2)8-7-17(15)21/h9,12-13,15-17H,3-8,10-11H2,1-2H3. The molecule has 2 bridgehead atoms. The van der Waals surface area contributed by atoms with E-state index in [1.165, 1.54) is 5.57 Å². The normalized spacial score (nSPS) is 53.1. The van der Waals surface area contributed by atoms with Crippen LogP contribution in [0.25, 0.3) is 0 Å². The first kappa shape index (κ1) is 15.3. The predicted octanol–water partition coefficient (Wildman–Crippen LogP) is 3.71. The second-order valence-corrected chi connectivity index (χ2v) is 9.32. The minimum absolute atomic E-state index is 0.0678. The van der Waals surface area contributed by atoms with Crippen LogP contribution in [-0.4, -0.2) is 24.3 Å². The lowest BCUT2D eigenvalue weighted by Crippen LogP contribution is -2.59. The first-order valence-electron chi connectivity index (χ1n) is 9.86. The highest BCUT2D eigenvalue weighted by molar-refractivity contribution is 5.94. The minimum atomic E-state index is -0.0678. The van der Waals surface area contributed by atoms with E-state index in [2.05, 4.69) is 13.8 Å². The minimum Gasteiger partial charge on any atom is -0.377 e. The van der Waals surface area contributed by atoms with Gasteiger partial charge in [-0.3, -0.25) is 9.59 Å². The van der Waals surface area contributed by atoms with Gasteiger partial charge in [0.2, 0.25) is 0 Å². The Morgan fingerprint density at radius 2 is 1.96 bits per heavy atom. The van der Waals surface area contributed by atoms with Crippen LogP contribution in [0, 0.1) is 34.5 Å². The van der Waals surface area contributed by atoms with Gasteiger partial charge < -0.3 is 4.74 Å². The molecular formula is C21H28O3. The summed E-state index contributed by atoms with van der Waals surface area (Å²) >= 11 is 0. The van der Waals surface area contributed by atoms with Crippen molar-refractivity contribution in [1.82, 2.24) is 0 Å². The van der Waals surface area contributed by atoms with Crippen molar-refractivity contribution in [2.24, 2.45) is 34.5 Å². The molecule has 7 unspecified atom stereocenters. The van der Waals surface area contributed by atoms with Crippen molar-refractivity contribution in [3.63, 3.8) is 0 Å². The highest BCUT2D eigenvalue weighted by Crippen LogP contribution is 2.66. The molecule has 130 valence electrons. The van der Waals surface area contributed by atoms with Crippen LogP contribution >= 0.6 is 0 Å². The van der Waals surface area contributed by atoms with Gasteiger partial charge in [-0.25, -0.2) is 0 Å². The highest BCUT2D eigenvalue weighted by atomic mass is 16.5. The molecule has 0 N–H and O–H groups in total. The second kappa shape index (κ2) is 4.81. The molecule has 3 nitrogen and oxygen atoms in total. The topological polar surface area (TPSA) is 43.4 Å². The number of hydrogen-bond acceptors (Lipinski definition) is 3. The van der Waals surface area contributed by atoms with E-state index in [-0.39, 0.29) is 22.9 Å². The van der Waals surface area contributed by atoms with Crippen molar-refractivity contribution in [2.75, 3.05) is 6.61 Å². The van der Waals surface area contributed by atoms with Crippen LogP contribution < -0.4 is 0 Å². The van der Waals surface area contributed by atoms with E-state index in [0.29, 0.717) is 35.9 Å². The molecule has 0 radical (unpaired) electrons. The maximum Gasteiger partial charge on any atom is 0.161 e. The summed E-state index contributed by atoms with van der Waals surface area (Å²) < 4.78 is 6.15. The molecule has 7 atom stereocenters. The molecule has 24 heavy (non-hydrogen) atoms. The van der Waals surface area contributed by atoms with Crippen LogP contribution in [0.4, 0.5) is 0 Å². The maximum absolute atomic E-state index is 12.5. The number of ketones is 2. The molecule has 4 fully saturated rings. The summed E-state index contributed by atoms with van der Waals surface area (Å²) in [6, 6.07) is 0. The fraction of sp³-hybridized carbons (Fsp3) is 0.810. The van der Waals surface area contributed by atoms with Crippen LogP contribution in [-0.2, 0) is 14.3 Å². The zero-order valence-electron chi connectivity index (χ0n) is 14.8. The van der Waals surface area contributed by atoms with Gasteiger partial charge in [-0.1, -0.05) is 12.5 Å². The van der Waals surface area contributed by atoms with Crippen LogP contribution in [0.15, 0.2) is 11.6 Å². The molecule has 1 heterocycles. The first-order chi connectivity index (χ1) is 11.5. The summed E-state index contributed by atoms with van der Waals surface area (Å²) in [6.07, 6.45) is 9.45. The third kappa shape index (κ3) is 1.67. The quantitative estimate of drug-likeness (QED) is 0.681. The molecule has 3 heteroatoms. The van der Waals surface area contributed by atoms with E-state index in [1.54, 1.807) is 0 Å². The molecule has 3 saturated carbocycles. The Morgan fingerprint density at radius 3 is 2.79 bits per heavy atom. The number of hydrogen-bond donors (Lipinski definition) is 0. The Hall–Kier alpha value is -0.960. The van der Waals surface area contributed by atoms with Gasteiger partial charge in [0.1, 0.15) is 5.78 Å². The lowest BCUT2D eigenvalue weighted by atomic mass is 9.44. The molecule has 5 rings (SSSR count). The van der Waals surface area contributed by atoms with Gasteiger partial charge in [-0.15, -0.1) is 0 Å². The number of ether oxygens (including phenoxy) is 1. The molecule has 1 saturated heterocycles. The molecule has 1 aliphatic heterocycles. The van der Waals surface area contributed by atoms with Gasteiger partial charge in [0.25, 0.3) is 0 Å². The average molecular weight is 328 g/mol. The number of fused-ring (bicyclic) bond motifs is 4. The average Bonchev–Trinajstić information content (AvgIpc) is 2.87. The predicted molar refractivity (Wildman–Crippen MR) is 90.3 cm³/mol. The van der Waals surface area contributed by atoms with E-state index >= 15 is 0 Å². The Labute approximate surface area is 144 Å². The summed E-state index contributed by atoms with van der Waals surface area (Å²) in [5.74, 6) is 2.68. The van der Waals surface area contributed by atoms with E-state index in [1.807, 2.05) is 6.08 Å².